The molecular weight excluding hydrogens is 248 g/mol. The number of rotatable bonds is 3. The van der Waals surface area contributed by atoms with E-state index in [-0.39, 0.29) is 5.91 Å². The fourth-order valence-corrected chi connectivity index (χ4v) is 2.78. The molecule has 3 rings (SSSR count). The summed E-state index contributed by atoms with van der Waals surface area (Å²) >= 11 is 0. The largest absolute Gasteiger partial charge is 0.371 e. The molecule has 0 spiro atoms. The second-order valence-corrected chi connectivity index (χ2v) is 5.16. The zero-order chi connectivity index (χ0) is 13.9. The Labute approximate surface area is 119 Å². The molecule has 2 aromatic carbocycles. The van der Waals surface area contributed by atoms with E-state index in [4.69, 9.17) is 5.73 Å². The Morgan fingerprint density at radius 1 is 0.950 bits per heavy atom. The molecule has 0 bridgehead atoms. The molecule has 1 saturated heterocycles. The van der Waals surface area contributed by atoms with Crippen molar-refractivity contribution in [2.24, 2.45) is 5.73 Å². The third kappa shape index (κ3) is 2.39. The monoisotopic (exact) mass is 266 g/mol. The number of carbonyl (C=O) groups excluding carboxylic acids is 1. The van der Waals surface area contributed by atoms with E-state index < -0.39 is 0 Å². The van der Waals surface area contributed by atoms with Crippen LogP contribution < -0.4 is 10.6 Å². The zero-order valence-electron chi connectivity index (χ0n) is 11.4. The third-order valence-corrected chi connectivity index (χ3v) is 3.82. The van der Waals surface area contributed by atoms with E-state index in [1.807, 2.05) is 42.5 Å². The predicted octanol–water partition coefficient (Wildman–Crippen LogP) is 3.05. The highest BCUT2D eigenvalue weighted by Crippen LogP contribution is 2.29. The first-order chi connectivity index (χ1) is 9.75. The molecule has 0 saturated carbocycles. The van der Waals surface area contributed by atoms with Crippen LogP contribution in [0.4, 0.5) is 5.69 Å². The minimum atomic E-state index is -0.357. The van der Waals surface area contributed by atoms with Gasteiger partial charge in [0.05, 0.1) is 5.56 Å². The molecule has 0 radical (unpaired) electrons. The highest BCUT2D eigenvalue weighted by molar-refractivity contribution is 6.00. The third-order valence-electron chi connectivity index (χ3n) is 3.82. The number of hydrogen-bond acceptors (Lipinski definition) is 2. The number of primary amides is 1. The molecule has 3 heteroatoms. The number of nitrogens with zero attached hydrogens (tertiary/aromatic N) is 1. The van der Waals surface area contributed by atoms with Crippen LogP contribution in [0.1, 0.15) is 23.2 Å². The lowest BCUT2D eigenvalue weighted by Crippen LogP contribution is -2.23. The molecule has 0 aliphatic carbocycles. The van der Waals surface area contributed by atoms with Crippen LogP contribution in [0.2, 0.25) is 0 Å². The van der Waals surface area contributed by atoms with Crippen LogP contribution in [0.3, 0.4) is 0 Å². The van der Waals surface area contributed by atoms with Crippen molar-refractivity contribution in [3.8, 4) is 11.1 Å². The van der Waals surface area contributed by atoms with Gasteiger partial charge in [0.25, 0.3) is 5.91 Å². The van der Waals surface area contributed by atoms with Crippen LogP contribution in [0, 0.1) is 0 Å². The average molecular weight is 266 g/mol. The molecule has 1 aliphatic rings. The van der Waals surface area contributed by atoms with E-state index >= 15 is 0 Å². The lowest BCUT2D eigenvalue weighted by Gasteiger charge is -2.21. The van der Waals surface area contributed by atoms with Gasteiger partial charge in [0, 0.05) is 18.8 Å². The van der Waals surface area contributed by atoms with Crippen LogP contribution in [0.5, 0.6) is 0 Å². The quantitative estimate of drug-likeness (QED) is 0.928. The molecule has 1 fully saturated rings. The van der Waals surface area contributed by atoms with Gasteiger partial charge in [0.2, 0.25) is 0 Å². The second-order valence-electron chi connectivity index (χ2n) is 5.16. The number of amides is 1. The molecule has 102 valence electrons. The maximum Gasteiger partial charge on any atom is 0.250 e. The smallest absolute Gasteiger partial charge is 0.250 e. The minimum absolute atomic E-state index is 0.357. The summed E-state index contributed by atoms with van der Waals surface area (Å²) in [5.41, 5.74) is 9.28. The molecule has 3 nitrogen and oxygen atoms in total. The van der Waals surface area contributed by atoms with Gasteiger partial charge in [0.1, 0.15) is 0 Å². The molecule has 0 unspecified atom stereocenters. The Morgan fingerprint density at radius 3 is 2.30 bits per heavy atom. The molecule has 0 aromatic heterocycles. The standard InChI is InChI=1S/C17H18N2O/c18-17(20)15-12-14(13-6-2-1-3-7-13)8-9-16(15)19-10-4-5-11-19/h1-3,6-9,12H,4-5,10-11H2,(H2,18,20). The van der Waals surface area contributed by atoms with Gasteiger partial charge in [-0.25, -0.2) is 0 Å². The van der Waals surface area contributed by atoms with Gasteiger partial charge in [0.15, 0.2) is 0 Å². The molecular formula is C17H18N2O. The summed E-state index contributed by atoms with van der Waals surface area (Å²) in [5, 5.41) is 0. The Morgan fingerprint density at radius 2 is 1.65 bits per heavy atom. The topological polar surface area (TPSA) is 46.3 Å². The first-order valence-corrected chi connectivity index (χ1v) is 7.00. The van der Waals surface area contributed by atoms with E-state index in [0.717, 1.165) is 29.9 Å². The van der Waals surface area contributed by atoms with E-state index in [1.54, 1.807) is 0 Å². The molecule has 2 aromatic rings. The fourth-order valence-electron chi connectivity index (χ4n) is 2.78. The van der Waals surface area contributed by atoms with Crippen molar-refractivity contribution in [2.75, 3.05) is 18.0 Å². The summed E-state index contributed by atoms with van der Waals surface area (Å²) in [7, 11) is 0. The lowest BCUT2D eigenvalue weighted by atomic mass is 10.0. The van der Waals surface area contributed by atoms with Crippen molar-refractivity contribution >= 4 is 11.6 Å². The maximum absolute atomic E-state index is 11.8. The number of nitrogens with two attached hydrogens (primary N) is 1. The first-order valence-electron chi connectivity index (χ1n) is 7.00. The first kappa shape index (κ1) is 12.7. The summed E-state index contributed by atoms with van der Waals surface area (Å²) in [6.07, 6.45) is 2.36. The van der Waals surface area contributed by atoms with Crippen molar-refractivity contribution in [3.63, 3.8) is 0 Å². The minimum Gasteiger partial charge on any atom is -0.371 e. The molecule has 1 amide bonds. The fraction of sp³-hybridized carbons (Fsp3) is 0.235. The average Bonchev–Trinajstić information content (AvgIpc) is 3.01. The van der Waals surface area contributed by atoms with Gasteiger partial charge in [-0.1, -0.05) is 36.4 Å². The van der Waals surface area contributed by atoms with E-state index in [2.05, 4.69) is 11.0 Å². The summed E-state index contributed by atoms with van der Waals surface area (Å²) < 4.78 is 0. The number of carbonyl (C=O) groups is 1. The van der Waals surface area contributed by atoms with Gasteiger partial charge in [-0.15, -0.1) is 0 Å². The van der Waals surface area contributed by atoms with Crippen LogP contribution in [0.15, 0.2) is 48.5 Å². The van der Waals surface area contributed by atoms with Gasteiger partial charge in [-0.3, -0.25) is 4.79 Å². The van der Waals surface area contributed by atoms with Crippen molar-refractivity contribution in [1.82, 2.24) is 0 Å². The van der Waals surface area contributed by atoms with E-state index in [0.29, 0.717) is 5.56 Å². The molecule has 1 aliphatic heterocycles. The van der Waals surface area contributed by atoms with Gasteiger partial charge >= 0.3 is 0 Å². The zero-order valence-corrected chi connectivity index (χ0v) is 11.4. The number of anilines is 1. The van der Waals surface area contributed by atoms with Gasteiger partial charge < -0.3 is 10.6 Å². The van der Waals surface area contributed by atoms with Crippen LogP contribution >= 0.6 is 0 Å². The van der Waals surface area contributed by atoms with Crippen LogP contribution in [0.25, 0.3) is 11.1 Å². The summed E-state index contributed by atoms with van der Waals surface area (Å²) in [4.78, 5) is 14.0. The SMILES string of the molecule is NC(=O)c1cc(-c2ccccc2)ccc1N1CCCC1. The van der Waals surface area contributed by atoms with Gasteiger partial charge in [-0.2, -0.15) is 0 Å². The van der Waals surface area contributed by atoms with Crippen molar-refractivity contribution in [2.45, 2.75) is 12.8 Å². The maximum atomic E-state index is 11.8. The Kier molecular flexibility index (Phi) is 3.42. The van der Waals surface area contributed by atoms with Crippen LogP contribution in [-0.4, -0.2) is 19.0 Å². The normalized spacial score (nSPS) is 14.5. The second kappa shape index (κ2) is 5.37. The lowest BCUT2D eigenvalue weighted by molar-refractivity contribution is 0.100. The van der Waals surface area contributed by atoms with Crippen LogP contribution in [-0.2, 0) is 0 Å². The number of hydrogen-bond donors (Lipinski definition) is 1. The molecule has 1 heterocycles. The van der Waals surface area contributed by atoms with Crippen molar-refractivity contribution < 1.29 is 4.79 Å². The van der Waals surface area contributed by atoms with E-state index in [1.165, 1.54) is 12.8 Å². The molecule has 2 N–H and O–H groups in total. The van der Waals surface area contributed by atoms with Crippen molar-refractivity contribution in [1.29, 1.82) is 0 Å². The summed E-state index contributed by atoms with van der Waals surface area (Å²) in [6, 6.07) is 16.0. The summed E-state index contributed by atoms with van der Waals surface area (Å²) in [6.45, 7) is 2.01. The van der Waals surface area contributed by atoms with Crippen molar-refractivity contribution in [3.05, 3.63) is 54.1 Å². The highest BCUT2D eigenvalue weighted by atomic mass is 16.1. The predicted molar refractivity (Wildman–Crippen MR) is 81.8 cm³/mol. The van der Waals surface area contributed by atoms with E-state index in [9.17, 15) is 4.79 Å². The Hall–Kier alpha value is -2.29. The highest BCUT2D eigenvalue weighted by Gasteiger charge is 2.18. The van der Waals surface area contributed by atoms with Gasteiger partial charge in [-0.05, 0) is 36.1 Å². The Balaban J connectivity index is 2.04. The Bertz CT molecular complexity index is 616. The molecule has 0 atom stereocenters. The number of benzene rings is 2. The summed E-state index contributed by atoms with van der Waals surface area (Å²) in [5.74, 6) is -0.357. The molecule has 20 heavy (non-hydrogen) atoms.